The van der Waals surface area contributed by atoms with Gasteiger partial charge in [-0.05, 0) is 44.9 Å². The minimum atomic E-state index is -0.0479. The second-order valence-electron chi connectivity index (χ2n) is 6.31. The standard InChI is InChI=1S/C20H23N3O.ClH/c1-23(2)13-6-5-12-21-20(24)18-11-7-10-17-16-9-4-3-8-15(16)14-22-19(17)18;/h3-4,7-11,14H,5-6,12-13H2,1-2H3,(H,21,24);1H. The van der Waals surface area contributed by atoms with Gasteiger partial charge in [0.05, 0.1) is 11.1 Å². The van der Waals surface area contributed by atoms with Gasteiger partial charge in [0.2, 0.25) is 0 Å². The first kappa shape index (κ1) is 19.2. The molecule has 0 saturated heterocycles. The first-order chi connectivity index (χ1) is 11.7. The van der Waals surface area contributed by atoms with Crippen molar-refractivity contribution in [2.75, 3.05) is 27.2 Å². The van der Waals surface area contributed by atoms with Crippen LogP contribution in [0.25, 0.3) is 21.7 Å². The van der Waals surface area contributed by atoms with Crippen LogP contribution in [0.5, 0.6) is 0 Å². The lowest BCUT2D eigenvalue weighted by Gasteiger charge is -2.11. The van der Waals surface area contributed by atoms with E-state index in [0.717, 1.165) is 41.1 Å². The molecule has 1 N–H and O–H groups in total. The lowest BCUT2D eigenvalue weighted by atomic mass is 10.0. The molecular weight excluding hydrogens is 334 g/mol. The number of hydrogen-bond donors (Lipinski definition) is 1. The van der Waals surface area contributed by atoms with Gasteiger partial charge in [0, 0.05) is 23.5 Å². The third-order valence-corrected chi connectivity index (χ3v) is 4.18. The monoisotopic (exact) mass is 357 g/mol. The van der Waals surface area contributed by atoms with E-state index in [1.807, 2.05) is 42.6 Å². The molecule has 4 nitrogen and oxygen atoms in total. The van der Waals surface area contributed by atoms with Gasteiger partial charge in [0.1, 0.15) is 0 Å². The van der Waals surface area contributed by atoms with E-state index in [1.54, 1.807) is 0 Å². The molecule has 5 heteroatoms. The maximum Gasteiger partial charge on any atom is 0.253 e. The maximum absolute atomic E-state index is 12.5. The number of nitrogens with zero attached hydrogens (tertiary/aromatic N) is 2. The molecular formula is C20H24ClN3O. The van der Waals surface area contributed by atoms with Gasteiger partial charge in [-0.3, -0.25) is 9.78 Å². The van der Waals surface area contributed by atoms with Gasteiger partial charge in [0.25, 0.3) is 5.91 Å². The molecule has 0 aliphatic carbocycles. The first-order valence-corrected chi connectivity index (χ1v) is 8.36. The molecule has 0 saturated carbocycles. The van der Waals surface area contributed by atoms with Gasteiger partial charge < -0.3 is 10.2 Å². The van der Waals surface area contributed by atoms with Crippen molar-refractivity contribution >= 4 is 40.0 Å². The quantitative estimate of drug-likeness (QED) is 0.538. The van der Waals surface area contributed by atoms with E-state index in [2.05, 4.69) is 35.4 Å². The fraction of sp³-hybridized carbons (Fsp3) is 0.300. The molecule has 3 aromatic rings. The number of halogens is 1. The topological polar surface area (TPSA) is 45.2 Å². The molecule has 0 atom stereocenters. The van der Waals surface area contributed by atoms with E-state index in [0.29, 0.717) is 12.1 Å². The van der Waals surface area contributed by atoms with Crippen LogP contribution in [0.4, 0.5) is 0 Å². The van der Waals surface area contributed by atoms with Gasteiger partial charge in [-0.2, -0.15) is 0 Å². The average Bonchev–Trinajstić information content (AvgIpc) is 2.60. The number of nitrogens with one attached hydrogen (secondary N) is 1. The van der Waals surface area contributed by atoms with Gasteiger partial charge >= 0.3 is 0 Å². The Morgan fingerprint density at radius 3 is 2.60 bits per heavy atom. The largest absolute Gasteiger partial charge is 0.352 e. The summed E-state index contributed by atoms with van der Waals surface area (Å²) in [5.74, 6) is -0.0479. The summed E-state index contributed by atoms with van der Waals surface area (Å²) in [5, 5.41) is 6.25. The van der Waals surface area contributed by atoms with Gasteiger partial charge in [-0.15, -0.1) is 12.4 Å². The molecule has 0 spiro atoms. The van der Waals surface area contributed by atoms with Crippen molar-refractivity contribution in [1.82, 2.24) is 15.2 Å². The number of benzene rings is 2. The fourth-order valence-corrected chi connectivity index (χ4v) is 2.92. The summed E-state index contributed by atoms with van der Waals surface area (Å²) in [6, 6.07) is 13.9. The molecule has 132 valence electrons. The van der Waals surface area contributed by atoms with Crippen LogP contribution >= 0.6 is 12.4 Å². The molecule has 1 heterocycles. The van der Waals surface area contributed by atoms with E-state index in [4.69, 9.17) is 0 Å². The molecule has 3 rings (SSSR count). The van der Waals surface area contributed by atoms with E-state index in [9.17, 15) is 4.79 Å². The highest BCUT2D eigenvalue weighted by molar-refractivity contribution is 6.13. The summed E-state index contributed by atoms with van der Waals surface area (Å²) in [7, 11) is 4.12. The maximum atomic E-state index is 12.5. The second kappa shape index (κ2) is 8.79. The zero-order valence-corrected chi connectivity index (χ0v) is 15.5. The summed E-state index contributed by atoms with van der Waals surface area (Å²) < 4.78 is 0. The van der Waals surface area contributed by atoms with E-state index >= 15 is 0 Å². The molecule has 0 fully saturated rings. The number of carbonyl (C=O) groups is 1. The highest BCUT2D eigenvalue weighted by Gasteiger charge is 2.12. The Kier molecular flexibility index (Phi) is 6.73. The molecule has 0 aliphatic rings. The third-order valence-electron chi connectivity index (χ3n) is 4.18. The Bertz CT molecular complexity index is 864. The molecule has 25 heavy (non-hydrogen) atoms. The predicted octanol–water partition coefficient (Wildman–Crippen LogP) is 3.88. The van der Waals surface area contributed by atoms with Gasteiger partial charge in [-0.25, -0.2) is 0 Å². The van der Waals surface area contributed by atoms with Crippen LogP contribution in [0.1, 0.15) is 23.2 Å². The van der Waals surface area contributed by atoms with E-state index < -0.39 is 0 Å². The van der Waals surface area contributed by atoms with Crippen molar-refractivity contribution in [3.05, 3.63) is 54.2 Å². The number of rotatable bonds is 6. The number of amides is 1. The van der Waals surface area contributed by atoms with Crippen LogP contribution in [0, 0.1) is 0 Å². The molecule has 1 amide bonds. The van der Waals surface area contributed by atoms with Crippen LogP contribution in [0.3, 0.4) is 0 Å². The Hall–Kier alpha value is -2.17. The molecule has 0 aliphatic heterocycles. The zero-order chi connectivity index (χ0) is 16.9. The Morgan fingerprint density at radius 2 is 1.80 bits per heavy atom. The van der Waals surface area contributed by atoms with Crippen molar-refractivity contribution in [3.63, 3.8) is 0 Å². The number of pyridine rings is 1. The molecule has 0 unspecified atom stereocenters. The van der Waals surface area contributed by atoms with E-state index in [-0.39, 0.29) is 18.3 Å². The minimum Gasteiger partial charge on any atom is -0.352 e. The summed E-state index contributed by atoms with van der Waals surface area (Å²) in [6.07, 6.45) is 3.89. The number of fused-ring (bicyclic) bond motifs is 3. The average molecular weight is 358 g/mol. The fourth-order valence-electron chi connectivity index (χ4n) is 2.92. The molecule has 0 bridgehead atoms. The SMILES string of the molecule is CN(C)CCCCNC(=O)c1cccc2c1ncc1ccccc12.Cl. The van der Waals surface area contributed by atoms with Crippen molar-refractivity contribution < 1.29 is 4.79 Å². The van der Waals surface area contributed by atoms with Crippen molar-refractivity contribution in [2.45, 2.75) is 12.8 Å². The van der Waals surface area contributed by atoms with E-state index in [1.165, 1.54) is 0 Å². The Morgan fingerprint density at radius 1 is 1.04 bits per heavy atom. The normalized spacial score (nSPS) is 10.8. The van der Waals surface area contributed by atoms with Crippen molar-refractivity contribution in [2.24, 2.45) is 0 Å². The number of aromatic nitrogens is 1. The highest BCUT2D eigenvalue weighted by Crippen LogP contribution is 2.25. The van der Waals surface area contributed by atoms with Crippen LogP contribution in [-0.4, -0.2) is 43.0 Å². The molecule has 0 radical (unpaired) electrons. The summed E-state index contributed by atoms with van der Waals surface area (Å²) >= 11 is 0. The van der Waals surface area contributed by atoms with Crippen LogP contribution in [-0.2, 0) is 0 Å². The van der Waals surface area contributed by atoms with Crippen molar-refractivity contribution in [1.29, 1.82) is 0 Å². The minimum absolute atomic E-state index is 0. The molecule has 2 aromatic carbocycles. The van der Waals surface area contributed by atoms with Gasteiger partial charge in [0.15, 0.2) is 0 Å². The summed E-state index contributed by atoms with van der Waals surface area (Å²) in [6.45, 7) is 1.73. The Balaban J connectivity index is 0.00000225. The summed E-state index contributed by atoms with van der Waals surface area (Å²) in [4.78, 5) is 19.2. The number of hydrogen-bond acceptors (Lipinski definition) is 3. The predicted molar refractivity (Wildman–Crippen MR) is 107 cm³/mol. The van der Waals surface area contributed by atoms with Gasteiger partial charge in [-0.1, -0.05) is 36.4 Å². The van der Waals surface area contributed by atoms with Crippen molar-refractivity contribution in [3.8, 4) is 0 Å². The smallest absolute Gasteiger partial charge is 0.253 e. The number of unbranched alkanes of at least 4 members (excludes halogenated alkanes) is 1. The highest BCUT2D eigenvalue weighted by atomic mass is 35.5. The van der Waals surface area contributed by atoms with Crippen LogP contribution in [0.2, 0.25) is 0 Å². The third kappa shape index (κ3) is 4.47. The summed E-state index contributed by atoms with van der Waals surface area (Å²) in [5.41, 5.74) is 1.41. The number of carbonyl (C=O) groups excluding carboxylic acids is 1. The lowest BCUT2D eigenvalue weighted by Crippen LogP contribution is -2.25. The first-order valence-electron chi connectivity index (χ1n) is 8.36. The Labute approximate surface area is 154 Å². The van der Waals surface area contributed by atoms with Crippen LogP contribution in [0.15, 0.2) is 48.7 Å². The number of para-hydroxylation sites is 1. The lowest BCUT2D eigenvalue weighted by molar-refractivity contribution is 0.0954. The zero-order valence-electron chi connectivity index (χ0n) is 14.7. The molecule has 1 aromatic heterocycles. The van der Waals surface area contributed by atoms with Crippen LogP contribution < -0.4 is 5.32 Å². The second-order valence-corrected chi connectivity index (χ2v) is 6.31.